The van der Waals surface area contributed by atoms with Crippen LogP contribution in [0, 0.1) is 0 Å². The molecule has 0 amide bonds. The molecule has 0 fully saturated rings. The molecule has 0 atom stereocenters. The summed E-state index contributed by atoms with van der Waals surface area (Å²) in [7, 11) is 0. The van der Waals surface area contributed by atoms with Gasteiger partial charge in [0.1, 0.15) is 0 Å². The van der Waals surface area contributed by atoms with Crippen LogP contribution in [0.5, 0.6) is 0 Å². The van der Waals surface area contributed by atoms with Crippen LogP contribution in [0.1, 0.15) is 0 Å². The van der Waals surface area contributed by atoms with Crippen LogP contribution in [-0.4, -0.2) is 9.97 Å². The summed E-state index contributed by atoms with van der Waals surface area (Å²) < 4.78 is 2.50. The summed E-state index contributed by atoms with van der Waals surface area (Å²) in [5.74, 6) is 0. The molecule has 3 heterocycles. The first kappa shape index (κ1) is 33.7. The van der Waals surface area contributed by atoms with Gasteiger partial charge >= 0.3 is 0 Å². The van der Waals surface area contributed by atoms with Crippen molar-refractivity contribution >= 4 is 74.7 Å². The lowest BCUT2D eigenvalue weighted by atomic mass is 9.88. The predicted molar refractivity (Wildman–Crippen MR) is 252 cm³/mol. The predicted octanol–water partition coefficient (Wildman–Crippen LogP) is 15.8. The second-order valence-corrected chi connectivity index (χ2v) is 16.3. The first-order chi connectivity index (χ1) is 29.2. The third-order valence-corrected chi connectivity index (χ3v) is 13.1. The number of fused-ring (bicyclic) bond motifs is 9. The minimum absolute atomic E-state index is 0.929. The Morgan fingerprint density at radius 2 is 0.864 bits per heavy atom. The minimum Gasteiger partial charge on any atom is -0.248 e. The van der Waals surface area contributed by atoms with Gasteiger partial charge in [-0.3, -0.25) is 0 Å². The van der Waals surface area contributed by atoms with Gasteiger partial charge in [-0.2, -0.15) is 0 Å². The van der Waals surface area contributed by atoms with Crippen LogP contribution in [0.4, 0.5) is 0 Å². The van der Waals surface area contributed by atoms with Crippen LogP contribution in [0.15, 0.2) is 206 Å². The number of pyridine rings is 2. The van der Waals surface area contributed by atoms with Gasteiger partial charge in [-0.1, -0.05) is 182 Å². The summed E-state index contributed by atoms with van der Waals surface area (Å²) >= 11 is 1.82. The molecule has 2 nitrogen and oxygen atoms in total. The molecule has 0 N–H and O–H groups in total. The Morgan fingerprint density at radius 1 is 0.305 bits per heavy atom. The van der Waals surface area contributed by atoms with Crippen LogP contribution < -0.4 is 0 Å². The Morgan fingerprint density at radius 3 is 1.64 bits per heavy atom. The maximum absolute atomic E-state index is 5.45. The minimum atomic E-state index is 0.929. The van der Waals surface area contributed by atoms with Gasteiger partial charge in [0.15, 0.2) is 0 Å². The maximum Gasteiger partial charge on any atom is 0.0902 e. The second kappa shape index (κ2) is 13.6. The lowest BCUT2D eigenvalue weighted by molar-refractivity contribution is 1.33. The van der Waals surface area contributed by atoms with Crippen molar-refractivity contribution in [3.05, 3.63) is 206 Å². The van der Waals surface area contributed by atoms with Crippen LogP contribution in [0.25, 0.3) is 119 Å². The molecular formula is C56H34N2S. The first-order valence-electron chi connectivity index (χ1n) is 20.1. The first-order valence-corrected chi connectivity index (χ1v) is 20.9. The number of rotatable bonds is 5. The molecule has 274 valence electrons. The topological polar surface area (TPSA) is 25.8 Å². The van der Waals surface area contributed by atoms with Crippen molar-refractivity contribution in [2.45, 2.75) is 0 Å². The van der Waals surface area contributed by atoms with E-state index in [4.69, 9.17) is 9.97 Å². The Labute approximate surface area is 345 Å². The molecule has 0 unspecified atom stereocenters. The van der Waals surface area contributed by atoms with Gasteiger partial charge in [0.25, 0.3) is 0 Å². The lowest BCUT2D eigenvalue weighted by Gasteiger charge is -2.16. The molecule has 0 bridgehead atoms. The SMILES string of the molecule is c1ccc(-c2cc(-c3ccc(-c4nc5c6ccccc6sc5c5ccccc45)cc3)nc(-c3ccc(-c4cc5ccccc5c5ccccc45)c4ccccc34)c2)cc1. The molecule has 12 aromatic rings. The molecule has 0 aliphatic heterocycles. The van der Waals surface area contributed by atoms with Crippen molar-refractivity contribution in [2.24, 2.45) is 0 Å². The highest BCUT2D eigenvalue weighted by atomic mass is 32.1. The average molecular weight is 767 g/mol. The largest absolute Gasteiger partial charge is 0.248 e. The number of benzene rings is 9. The monoisotopic (exact) mass is 766 g/mol. The summed E-state index contributed by atoms with van der Waals surface area (Å²) in [6.07, 6.45) is 0. The molecule has 12 rings (SSSR count). The summed E-state index contributed by atoms with van der Waals surface area (Å²) in [5.41, 5.74) is 11.9. The smallest absolute Gasteiger partial charge is 0.0902 e. The van der Waals surface area contributed by atoms with E-state index in [2.05, 4.69) is 206 Å². The zero-order valence-corrected chi connectivity index (χ0v) is 32.7. The fraction of sp³-hybridized carbons (Fsp3) is 0. The van der Waals surface area contributed by atoms with E-state index in [0.29, 0.717) is 0 Å². The van der Waals surface area contributed by atoms with Crippen LogP contribution in [0.3, 0.4) is 0 Å². The highest BCUT2D eigenvalue weighted by molar-refractivity contribution is 7.26. The fourth-order valence-corrected chi connectivity index (χ4v) is 10.2. The third kappa shape index (κ3) is 5.55. The molecule has 3 aromatic heterocycles. The zero-order chi connectivity index (χ0) is 38.9. The molecule has 0 saturated heterocycles. The van der Waals surface area contributed by atoms with Crippen molar-refractivity contribution in [3.63, 3.8) is 0 Å². The summed E-state index contributed by atoms with van der Waals surface area (Å²) in [4.78, 5) is 10.8. The van der Waals surface area contributed by atoms with E-state index >= 15 is 0 Å². The quantitative estimate of drug-likeness (QED) is 0.163. The lowest BCUT2D eigenvalue weighted by Crippen LogP contribution is -1.94. The normalized spacial score (nSPS) is 11.7. The zero-order valence-electron chi connectivity index (χ0n) is 31.9. The Kier molecular flexibility index (Phi) is 7.75. The standard InChI is InChI=1S/C56H34N2S/c1-2-14-35(15-3-1)39-33-51(36-26-28-37(29-27-36)54-47-22-10-11-23-48(47)56-55(58-54)49-24-12-13-25-53(49)59-56)57-52(34-39)46-31-30-45(42-19-7-8-20-43(42)46)50-32-38-16-4-5-17-40(38)41-18-6-9-21-44(41)50/h1-34H. The van der Waals surface area contributed by atoms with Crippen LogP contribution >= 0.6 is 11.3 Å². The molecule has 9 aromatic carbocycles. The van der Waals surface area contributed by atoms with E-state index in [1.807, 2.05) is 11.3 Å². The van der Waals surface area contributed by atoms with Crippen molar-refractivity contribution in [3.8, 4) is 56.0 Å². The second-order valence-electron chi connectivity index (χ2n) is 15.2. The number of hydrogen-bond acceptors (Lipinski definition) is 3. The van der Waals surface area contributed by atoms with Gasteiger partial charge in [0.05, 0.1) is 27.3 Å². The van der Waals surface area contributed by atoms with E-state index in [1.54, 1.807) is 0 Å². The van der Waals surface area contributed by atoms with E-state index in [-0.39, 0.29) is 0 Å². The van der Waals surface area contributed by atoms with Gasteiger partial charge in [0, 0.05) is 37.5 Å². The maximum atomic E-state index is 5.45. The van der Waals surface area contributed by atoms with E-state index < -0.39 is 0 Å². The molecule has 0 radical (unpaired) electrons. The highest BCUT2D eigenvalue weighted by Crippen LogP contribution is 2.43. The van der Waals surface area contributed by atoms with Gasteiger partial charge < -0.3 is 0 Å². The molecule has 0 saturated carbocycles. The number of hydrogen-bond donors (Lipinski definition) is 0. The fourth-order valence-electron chi connectivity index (χ4n) is 9.05. The van der Waals surface area contributed by atoms with Crippen LogP contribution in [-0.2, 0) is 0 Å². The molecule has 0 spiro atoms. The van der Waals surface area contributed by atoms with E-state index in [9.17, 15) is 0 Å². The Balaban J connectivity index is 1.01. The van der Waals surface area contributed by atoms with Gasteiger partial charge in [-0.05, 0) is 78.8 Å². The van der Waals surface area contributed by atoms with Crippen molar-refractivity contribution in [1.29, 1.82) is 0 Å². The molecule has 59 heavy (non-hydrogen) atoms. The number of thiophene rings is 1. The summed E-state index contributed by atoms with van der Waals surface area (Å²) in [6, 6.07) is 74.4. The van der Waals surface area contributed by atoms with Gasteiger partial charge in [0.2, 0.25) is 0 Å². The van der Waals surface area contributed by atoms with Gasteiger partial charge in [-0.25, -0.2) is 9.97 Å². The average Bonchev–Trinajstić information content (AvgIpc) is 3.70. The van der Waals surface area contributed by atoms with E-state index in [0.717, 1.165) is 55.8 Å². The van der Waals surface area contributed by atoms with Crippen molar-refractivity contribution in [1.82, 2.24) is 9.97 Å². The van der Waals surface area contributed by atoms with E-state index in [1.165, 1.54) is 63.6 Å². The molecule has 0 aliphatic carbocycles. The summed E-state index contributed by atoms with van der Waals surface area (Å²) in [6.45, 7) is 0. The van der Waals surface area contributed by atoms with Gasteiger partial charge in [-0.15, -0.1) is 11.3 Å². The highest BCUT2D eigenvalue weighted by Gasteiger charge is 2.18. The summed E-state index contributed by atoms with van der Waals surface area (Å²) in [5, 5.41) is 11.0. The molecule has 3 heteroatoms. The molecule has 0 aliphatic rings. The molecular weight excluding hydrogens is 733 g/mol. The number of aromatic nitrogens is 2. The Bertz CT molecular complexity index is 3600. The third-order valence-electron chi connectivity index (χ3n) is 11.9. The Hall–Kier alpha value is -7.46. The number of nitrogens with zero attached hydrogens (tertiary/aromatic N) is 2. The van der Waals surface area contributed by atoms with Crippen molar-refractivity contribution in [2.75, 3.05) is 0 Å². The van der Waals surface area contributed by atoms with Crippen molar-refractivity contribution < 1.29 is 0 Å². The van der Waals surface area contributed by atoms with Crippen LogP contribution in [0.2, 0.25) is 0 Å².